The SMILES string of the molecule is CN(C)C(C)(C)C(=O)c1ccc([N+](C)(C)C)cc1. The van der Waals surface area contributed by atoms with Crippen molar-refractivity contribution >= 4 is 11.5 Å². The Kier molecular flexibility index (Phi) is 3.99. The molecule has 0 heterocycles. The van der Waals surface area contributed by atoms with E-state index in [4.69, 9.17) is 0 Å². The summed E-state index contributed by atoms with van der Waals surface area (Å²) in [6, 6.07) is 7.90. The third-order valence-corrected chi connectivity index (χ3v) is 3.58. The molecule has 3 nitrogen and oxygen atoms in total. The third kappa shape index (κ3) is 2.98. The second kappa shape index (κ2) is 4.82. The molecule has 0 saturated carbocycles. The summed E-state index contributed by atoms with van der Waals surface area (Å²) in [5, 5.41) is 0. The zero-order valence-electron chi connectivity index (χ0n) is 12.6. The molecule has 0 unspecified atom stereocenters. The van der Waals surface area contributed by atoms with Crippen LogP contribution in [0.2, 0.25) is 0 Å². The summed E-state index contributed by atoms with van der Waals surface area (Å²) in [7, 11) is 10.2. The number of Topliss-reactive ketones (excluding diaryl/α,β-unsaturated/α-hetero) is 1. The molecule has 0 spiro atoms. The first-order chi connectivity index (χ1) is 8.06. The van der Waals surface area contributed by atoms with Crippen molar-refractivity contribution in [1.82, 2.24) is 9.38 Å². The van der Waals surface area contributed by atoms with Crippen LogP contribution in [0.5, 0.6) is 0 Å². The van der Waals surface area contributed by atoms with Crippen LogP contribution in [0, 0.1) is 0 Å². The summed E-state index contributed by atoms with van der Waals surface area (Å²) in [5.41, 5.74) is 1.48. The molecule has 1 rings (SSSR count). The lowest BCUT2D eigenvalue weighted by Gasteiger charge is -2.31. The Morgan fingerprint density at radius 2 is 1.50 bits per heavy atom. The Balaban J connectivity index is 3.03. The Bertz CT molecular complexity index is 425. The molecule has 18 heavy (non-hydrogen) atoms. The second-order valence-corrected chi connectivity index (χ2v) is 6.34. The van der Waals surface area contributed by atoms with Gasteiger partial charge in [0.25, 0.3) is 0 Å². The van der Waals surface area contributed by atoms with Gasteiger partial charge < -0.3 is 0 Å². The monoisotopic (exact) mass is 249 g/mol. The average molecular weight is 249 g/mol. The summed E-state index contributed by atoms with van der Waals surface area (Å²) in [6.07, 6.45) is 0. The standard InChI is InChI=1S/C15H25N2O/c1-15(2,16(3)4)14(18)12-8-10-13(11-9-12)17(5,6)7/h8-11H,1-7H3/q+1. The van der Waals surface area contributed by atoms with E-state index in [1.807, 2.05) is 57.1 Å². The zero-order chi connectivity index (χ0) is 14.1. The van der Waals surface area contributed by atoms with Crippen LogP contribution in [0.4, 0.5) is 5.69 Å². The van der Waals surface area contributed by atoms with Gasteiger partial charge in [-0.3, -0.25) is 14.2 Å². The van der Waals surface area contributed by atoms with Crippen molar-refractivity contribution in [3.8, 4) is 0 Å². The first-order valence-electron chi connectivity index (χ1n) is 6.21. The van der Waals surface area contributed by atoms with Gasteiger partial charge in [0.05, 0.1) is 26.7 Å². The molecule has 0 radical (unpaired) electrons. The Hall–Kier alpha value is -1.19. The smallest absolute Gasteiger partial charge is 0.182 e. The molecule has 0 bridgehead atoms. The molecule has 0 aliphatic heterocycles. The molecule has 1 aromatic carbocycles. The lowest BCUT2D eigenvalue weighted by atomic mass is 9.92. The van der Waals surface area contributed by atoms with E-state index in [0.29, 0.717) is 0 Å². The predicted octanol–water partition coefficient (Wildman–Crippen LogP) is 2.41. The van der Waals surface area contributed by atoms with Crippen LogP contribution in [0.1, 0.15) is 24.2 Å². The van der Waals surface area contributed by atoms with E-state index in [-0.39, 0.29) is 5.78 Å². The van der Waals surface area contributed by atoms with Crippen molar-refractivity contribution in [1.29, 1.82) is 0 Å². The van der Waals surface area contributed by atoms with Crippen molar-refractivity contribution in [2.75, 3.05) is 35.2 Å². The highest BCUT2D eigenvalue weighted by Gasteiger charge is 2.30. The van der Waals surface area contributed by atoms with E-state index < -0.39 is 5.54 Å². The van der Waals surface area contributed by atoms with E-state index in [1.165, 1.54) is 5.69 Å². The summed E-state index contributed by atoms with van der Waals surface area (Å²) in [6.45, 7) is 3.89. The van der Waals surface area contributed by atoms with Crippen LogP contribution in [0.15, 0.2) is 24.3 Å². The number of carbonyl (C=O) groups is 1. The summed E-state index contributed by atoms with van der Waals surface area (Å²) in [4.78, 5) is 14.4. The summed E-state index contributed by atoms with van der Waals surface area (Å²) >= 11 is 0. The molecule has 0 saturated heterocycles. The topological polar surface area (TPSA) is 20.3 Å². The quantitative estimate of drug-likeness (QED) is 0.603. The number of benzene rings is 1. The van der Waals surface area contributed by atoms with Crippen molar-refractivity contribution < 1.29 is 4.79 Å². The molecule has 1 aromatic rings. The van der Waals surface area contributed by atoms with Gasteiger partial charge in [-0.1, -0.05) is 0 Å². The normalized spacial score (nSPS) is 12.9. The van der Waals surface area contributed by atoms with E-state index in [9.17, 15) is 4.79 Å². The molecule has 0 aliphatic rings. The fraction of sp³-hybridized carbons (Fsp3) is 0.533. The number of carbonyl (C=O) groups excluding carboxylic acids is 1. The summed E-state index contributed by atoms with van der Waals surface area (Å²) in [5.74, 6) is 0.153. The van der Waals surface area contributed by atoms with Gasteiger partial charge in [0.1, 0.15) is 5.69 Å². The minimum atomic E-state index is -0.474. The molecule has 0 amide bonds. The second-order valence-electron chi connectivity index (χ2n) is 6.34. The minimum absolute atomic E-state index is 0.153. The molecule has 0 aliphatic carbocycles. The first kappa shape index (κ1) is 14.9. The number of rotatable bonds is 4. The van der Waals surface area contributed by atoms with Gasteiger partial charge >= 0.3 is 0 Å². The van der Waals surface area contributed by atoms with Crippen molar-refractivity contribution in [2.45, 2.75) is 19.4 Å². The number of nitrogens with zero attached hydrogens (tertiary/aromatic N) is 2. The van der Waals surface area contributed by atoms with Crippen LogP contribution < -0.4 is 4.48 Å². The molecule has 3 heteroatoms. The Labute approximate surface area is 111 Å². The molecule has 0 atom stereocenters. The van der Waals surface area contributed by atoms with Gasteiger partial charge in [-0.25, -0.2) is 0 Å². The van der Waals surface area contributed by atoms with E-state index in [2.05, 4.69) is 21.1 Å². The first-order valence-corrected chi connectivity index (χ1v) is 6.21. The van der Waals surface area contributed by atoms with Crippen LogP contribution >= 0.6 is 0 Å². The Morgan fingerprint density at radius 1 is 1.06 bits per heavy atom. The molecule has 100 valence electrons. The molecule has 0 N–H and O–H groups in total. The molecule has 0 aromatic heterocycles. The van der Waals surface area contributed by atoms with E-state index in [0.717, 1.165) is 10.0 Å². The highest BCUT2D eigenvalue weighted by atomic mass is 16.1. The average Bonchev–Trinajstić information content (AvgIpc) is 2.26. The number of quaternary nitrogens is 1. The number of hydrogen-bond donors (Lipinski definition) is 0. The largest absolute Gasteiger partial charge is 0.298 e. The fourth-order valence-electron chi connectivity index (χ4n) is 1.62. The maximum Gasteiger partial charge on any atom is 0.182 e. The van der Waals surface area contributed by atoms with Gasteiger partial charge in [-0.2, -0.15) is 0 Å². The highest BCUT2D eigenvalue weighted by Crippen LogP contribution is 2.22. The molecular weight excluding hydrogens is 224 g/mol. The van der Waals surface area contributed by atoms with E-state index >= 15 is 0 Å². The van der Waals surface area contributed by atoms with Gasteiger partial charge in [0, 0.05) is 5.56 Å². The fourth-order valence-corrected chi connectivity index (χ4v) is 1.62. The van der Waals surface area contributed by atoms with Crippen LogP contribution in [-0.2, 0) is 0 Å². The number of hydrogen-bond acceptors (Lipinski definition) is 2. The van der Waals surface area contributed by atoms with Gasteiger partial charge in [0.15, 0.2) is 5.78 Å². The third-order valence-electron chi connectivity index (χ3n) is 3.58. The van der Waals surface area contributed by atoms with Crippen LogP contribution in [-0.4, -0.2) is 51.5 Å². The summed E-state index contributed by atoms with van der Waals surface area (Å²) < 4.78 is 0.755. The maximum atomic E-state index is 12.4. The lowest BCUT2D eigenvalue weighted by molar-refractivity contribution is 0.0755. The number of ketones is 1. The molecular formula is C15H25N2O+. The van der Waals surface area contributed by atoms with Gasteiger partial charge in [-0.05, 0) is 52.2 Å². The predicted molar refractivity (Wildman–Crippen MR) is 78.1 cm³/mol. The lowest BCUT2D eigenvalue weighted by Crippen LogP contribution is -2.45. The zero-order valence-corrected chi connectivity index (χ0v) is 12.6. The van der Waals surface area contributed by atoms with Crippen molar-refractivity contribution in [3.05, 3.63) is 29.8 Å². The Morgan fingerprint density at radius 3 is 1.83 bits per heavy atom. The van der Waals surface area contributed by atoms with E-state index in [1.54, 1.807) is 0 Å². The van der Waals surface area contributed by atoms with Gasteiger partial charge in [0.2, 0.25) is 0 Å². The number of likely N-dealkylation sites (N-methyl/N-ethyl adjacent to an activating group) is 1. The van der Waals surface area contributed by atoms with Crippen molar-refractivity contribution in [3.63, 3.8) is 0 Å². The highest BCUT2D eigenvalue weighted by molar-refractivity contribution is 6.02. The molecule has 0 fully saturated rings. The van der Waals surface area contributed by atoms with Gasteiger partial charge in [-0.15, -0.1) is 0 Å². The maximum absolute atomic E-state index is 12.4. The minimum Gasteiger partial charge on any atom is -0.298 e. The van der Waals surface area contributed by atoms with Crippen LogP contribution in [0.3, 0.4) is 0 Å². The van der Waals surface area contributed by atoms with Crippen molar-refractivity contribution in [2.24, 2.45) is 0 Å². The van der Waals surface area contributed by atoms with Crippen LogP contribution in [0.25, 0.3) is 0 Å².